The molecule has 29 heavy (non-hydrogen) atoms. The lowest BCUT2D eigenvalue weighted by atomic mass is 9.48. The number of esters is 1. The van der Waals surface area contributed by atoms with E-state index in [4.69, 9.17) is 4.74 Å². The number of rotatable bonds is 3. The molecule has 0 aromatic rings. The number of ether oxygens (including phenoxy) is 1. The molecule has 0 amide bonds. The van der Waals surface area contributed by atoms with Crippen molar-refractivity contribution in [3.8, 4) is 0 Å². The Kier molecular flexibility index (Phi) is 4.84. The largest absolute Gasteiger partial charge is 0.450 e. The fourth-order valence-electron chi connectivity index (χ4n) is 7.86. The predicted octanol–water partition coefficient (Wildman–Crippen LogP) is 3.63. The maximum Gasteiger partial charge on any atom is 0.303 e. The molecule has 0 aliphatic heterocycles. The molecule has 0 aromatic heterocycles. The molecule has 0 saturated heterocycles. The monoisotopic (exact) mass is 402 g/mol. The van der Waals surface area contributed by atoms with Gasteiger partial charge in [0.25, 0.3) is 0 Å². The Balaban J connectivity index is 1.78. The topological polar surface area (TPSA) is 80.7 Å². The maximum atomic E-state index is 13.0. The van der Waals surface area contributed by atoms with Crippen molar-refractivity contribution in [3.05, 3.63) is 11.6 Å². The summed E-state index contributed by atoms with van der Waals surface area (Å²) in [4.78, 5) is 37.1. The zero-order valence-corrected chi connectivity index (χ0v) is 18.1. The minimum Gasteiger partial charge on any atom is -0.450 e. The van der Waals surface area contributed by atoms with Gasteiger partial charge in [0.2, 0.25) is 5.78 Å². The summed E-state index contributed by atoms with van der Waals surface area (Å²) in [5.74, 6) is 0.447. The van der Waals surface area contributed by atoms with Crippen molar-refractivity contribution in [1.29, 1.82) is 0 Å². The van der Waals surface area contributed by atoms with E-state index < -0.39 is 23.6 Å². The minimum absolute atomic E-state index is 0.0645. The molecule has 5 heteroatoms. The summed E-state index contributed by atoms with van der Waals surface area (Å²) in [6, 6.07) is 0. The van der Waals surface area contributed by atoms with Gasteiger partial charge in [-0.3, -0.25) is 14.4 Å². The van der Waals surface area contributed by atoms with Crippen molar-refractivity contribution in [2.24, 2.45) is 34.5 Å². The van der Waals surface area contributed by atoms with Gasteiger partial charge in [-0.25, -0.2) is 0 Å². The quantitative estimate of drug-likeness (QED) is 0.576. The Morgan fingerprint density at radius 1 is 1.28 bits per heavy atom. The summed E-state index contributed by atoms with van der Waals surface area (Å²) < 4.78 is 5.84. The first-order valence-electron chi connectivity index (χ1n) is 11.2. The van der Waals surface area contributed by atoms with Crippen LogP contribution in [0.4, 0.5) is 0 Å². The zero-order chi connectivity index (χ0) is 21.2. The minimum atomic E-state index is -1.26. The van der Waals surface area contributed by atoms with Crippen molar-refractivity contribution in [1.82, 2.24) is 0 Å². The number of allylic oxidation sites excluding steroid dienone is 2. The second kappa shape index (κ2) is 6.76. The van der Waals surface area contributed by atoms with Gasteiger partial charge in [0.05, 0.1) is 0 Å². The Labute approximate surface area is 173 Å². The molecule has 1 N–H and O–H groups in total. The summed E-state index contributed by atoms with van der Waals surface area (Å²) in [5.41, 5.74) is -0.235. The second-order valence-electron chi connectivity index (χ2n) is 10.5. The highest BCUT2D eigenvalue weighted by Gasteiger charge is 2.70. The smallest absolute Gasteiger partial charge is 0.303 e. The van der Waals surface area contributed by atoms with Gasteiger partial charge in [0, 0.05) is 31.1 Å². The van der Waals surface area contributed by atoms with Crippen LogP contribution in [0.25, 0.3) is 0 Å². The summed E-state index contributed by atoms with van der Waals surface area (Å²) >= 11 is 0. The number of aliphatic hydroxyl groups is 1. The van der Waals surface area contributed by atoms with Crippen molar-refractivity contribution in [3.63, 3.8) is 0 Å². The molecule has 0 bridgehead atoms. The van der Waals surface area contributed by atoms with E-state index in [2.05, 4.69) is 19.9 Å². The highest BCUT2D eigenvalue weighted by atomic mass is 16.6. The van der Waals surface area contributed by atoms with Crippen LogP contribution in [-0.2, 0) is 19.1 Å². The molecule has 3 fully saturated rings. The average Bonchev–Trinajstić information content (AvgIpc) is 2.89. The van der Waals surface area contributed by atoms with Crippen LogP contribution < -0.4 is 0 Å². The number of fused-ring (bicyclic) bond motifs is 5. The lowest BCUT2D eigenvalue weighted by Gasteiger charge is -2.57. The van der Waals surface area contributed by atoms with Gasteiger partial charge in [0.1, 0.15) is 12.4 Å². The normalized spacial score (nSPS) is 46.2. The van der Waals surface area contributed by atoms with Gasteiger partial charge in [0.15, 0.2) is 5.60 Å². The third-order valence-corrected chi connectivity index (χ3v) is 9.25. The number of Topliss-reactive ketones (excluding diaryl/α,β-unsaturated/α-hetero) is 2. The molecular weight excluding hydrogens is 368 g/mol. The van der Waals surface area contributed by atoms with Gasteiger partial charge in [-0.15, -0.1) is 0 Å². The third kappa shape index (κ3) is 2.65. The van der Waals surface area contributed by atoms with E-state index in [1.54, 1.807) is 0 Å². The average molecular weight is 403 g/mol. The van der Waals surface area contributed by atoms with E-state index in [1.165, 1.54) is 12.5 Å². The summed E-state index contributed by atoms with van der Waals surface area (Å²) in [5, 5.41) is 9.76. The Hall–Kier alpha value is -1.49. The lowest BCUT2D eigenvalue weighted by molar-refractivity contribution is -0.189. The molecule has 7 atom stereocenters. The molecule has 160 valence electrons. The highest BCUT2D eigenvalue weighted by Crippen LogP contribution is 2.68. The Morgan fingerprint density at radius 3 is 2.66 bits per heavy atom. The third-order valence-electron chi connectivity index (χ3n) is 9.25. The molecule has 0 heterocycles. The fourth-order valence-corrected chi connectivity index (χ4v) is 7.86. The van der Waals surface area contributed by atoms with E-state index in [9.17, 15) is 19.5 Å². The van der Waals surface area contributed by atoms with Crippen LogP contribution in [0.5, 0.6) is 0 Å². The van der Waals surface area contributed by atoms with E-state index >= 15 is 0 Å². The van der Waals surface area contributed by atoms with Crippen LogP contribution >= 0.6 is 0 Å². The maximum absolute atomic E-state index is 13.0. The molecule has 0 unspecified atom stereocenters. The summed E-state index contributed by atoms with van der Waals surface area (Å²) in [6.07, 6.45) is 8.14. The standard InChI is InChI=1S/C24H34O5/c1-14-11-20-18-6-5-16-12-17(27)7-9-22(16,3)19(18)8-10-23(20,4)24(14,21(28)13-25)29-15(2)26/h8,14,16,18,20,25H,5-7,9-13H2,1-4H3/t14-,16-,18+,20-,22-,23-,24+/m0/s1. The Bertz CT molecular complexity index is 784. The summed E-state index contributed by atoms with van der Waals surface area (Å²) in [6.45, 7) is 7.16. The molecule has 4 aliphatic rings. The summed E-state index contributed by atoms with van der Waals surface area (Å²) in [7, 11) is 0. The van der Waals surface area contributed by atoms with Crippen LogP contribution in [0.3, 0.4) is 0 Å². The van der Waals surface area contributed by atoms with Crippen LogP contribution in [0.15, 0.2) is 11.6 Å². The number of hydrogen-bond donors (Lipinski definition) is 1. The van der Waals surface area contributed by atoms with Crippen LogP contribution in [0.2, 0.25) is 0 Å². The molecule has 0 aromatic carbocycles. The van der Waals surface area contributed by atoms with E-state index in [0.29, 0.717) is 36.9 Å². The molecule has 0 spiro atoms. The van der Waals surface area contributed by atoms with E-state index in [-0.39, 0.29) is 23.0 Å². The van der Waals surface area contributed by atoms with Gasteiger partial charge < -0.3 is 9.84 Å². The first kappa shape index (κ1) is 20.8. The molecule has 5 nitrogen and oxygen atoms in total. The number of ketones is 2. The van der Waals surface area contributed by atoms with E-state index in [0.717, 1.165) is 25.7 Å². The zero-order valence-electron chi connectivity index (χ0n) is 18.1. The number of carbonyl (C=O) groups is 3. The fraction of sp³-hybridized carbons (Fsp3) is 0.792. The lowest BCUT2D eigenvalue weighted by Crippen LogP contribution is -2.60. The van der Waals surface area contributed by atoms with Crippen LogP contribution in [0.1, 0.15) is 72.6 Å². The van der Waals surface area contributed by atoms with Gasteiger partial charge in [-0.05, 0) is 55.3 Å². The van der Waals surface area contributed by atoms with Crippen molar-refractivity contribution < 1.29 is 24.2 Å². The van der Waals surface area contributed by atoms with Crippen molar-refractivity contribution in [2.45, 2.75) is 78.2 Å². The first-order chi connectivity index (χ1) is 13.6. The van der Waals surface area contributed by atoms with Gasteiger partial charge in [-0.2, -0.15) is 0 Å². The van der Waals surface area contributed by atoms with Gasteiger partial charge in [-0.1, -0.05) is 32.4 Å². The van der Waals surface area contributed by atoms with Crippen LogP contribution in [0, 0.1) is 34.5 Å². The molecule has 3 saturated carbocycles. The number of aliphatic hydroxyl groups excluding tert-OH is 1. The predicted molar refractivity (Wildman–Crippen MR) is 108 cm³/mol. The van der Waals surface area contributed by atoms with Crippen molar-refractivity contribution in [2.75, 3.05) is 6.61 Å². The van der Waals surface area contributed by atoms with E-state index in [1.807, 2.05) is 6.92 Å². The highest BCUT2D eigenvalue weighted by molar-refractivity contribution is 5.92. The Morgan fingerprint density at radius 2 is 2.00 bits per heavy atom. The first-order valence-corrected chi connectivity index (χ1v) is 11.2. The SMILES string of the molecule is CC(=O)O[C@@]1(C(=O)CO)[C@@H](C)C[C@H]2[C@@H]3CC[C@H]4CC(=O)CC[C@]4(C)C3=CC[C@@]21C. The van der Waals surface area contributed by atoms with Crippen LogP contribution in [-0.4, -0.2) is 34.9 Å². The van der Waals surface area contributed by atoms with Crippen molar-refractivity contribution >= 4 is 17.5 Å². The molecular formula is C24H34O5. The van der Waals surface area contributed by atoms with Gasteiger partial charge >= 0.3 is 5.97 Å². The second-order valence-corrected chi connectivity index (χ2v) is 10.5. The number of carbonyl (C=O) groups excluding carboxylic acids is 3. The molecule has 4 rings (SSSR count). The number of hydrogen-bond acceptors (Lipinski definition) is 5. The molecule has 4 aliphatic carbocycles. The molecule has 0 radical (unpaired) electrons.